The number of nitrogens with one attached hydrogen (secondary N) is 1. The van der Waals surface area contributed by atoms with Gasteiger partial charge in [0.25, 0.3) is 5.91 Å². The van der Waals surface area contributed by atoms with E-state index >= 15 is 0 Å². The Morgan fingerprint density at radius 3 is 2.60 bits per heavy atom. The van der Waals surface area contributed by atoms with Crippen LogP contribution in [-0.4, -0.2) is 44.5 Å². The minimum absolute atomic E-state index is 0.167. The maximum atomic E-state index is 13.3. The fourth-order valence-corrected chi connectivity index (χ4v) is 5.10. The Morgan fingerprint density at radius 1 is 1.05 bits per heavy atom. The maximum Gasteiger partial charge on any atom is 0.255 e. The summed E-state index contributed by atoms with van der Waals surface area (Å²) >= 11 is 0. The lowest BCUT2D eigenvalue weighted by atomic mass is 9.94. The van der Waals surface area contributed by atoms with E-state index in [1.807, 2.05) is 68.1 Å². The quantitative estimate of drug-likeness (QED) is 0.320. The number of anilines is 1. The molecule has 3 N–H and O–H groups in total. The zero-order valence-corrected chi connectivity index (χ0v) is 23.7. The Kier molecular flexibility index (Phi) is 8.28. The maximum absolute atomic E-state index is 13.3. The van der Waals surface area contributed by atoms with Crippen LogP contribution in [0.5, 0.6) is 5.75 Å². The van der Waals surface area contributed by atoms with Crippen LogP contribution in [0.3, 0.4) is 0 Å². The molecule has 2 aromatic heterocycles. The molecule has 0 radical (unpaired) electrons. The molecule has 2 unspecified atom stereocenters. The highest BCUT2D eigenvalue weighted by Gasteiger charge is 2.23. The number of nitrogens with two attached hydrogens (primary N) is 1. The van der Waals surface area contributed by atoms with Gasteiger partial charge in [-0.1, -0.05) is 13.0 Å². The summed E-state index contributed by atoms with van der Waals surface area (Å²) in [6, 6.07) is 15.9. The fourth-order valence-electron chi connectivity index (χ4n) is 5.10. The molecule has 3 heterocycles. The van der Waals surface area contributed by atoms with Gasteiger partial charge in [-0.05, 0) is 93.2 Å². The van der Waals surface area contributed by atoms with Crippen LogP contribution in [-0.2, 0) is 13.2 Å². The molecule has 40 heavy (non-hydrogen) atoms. The van der Waals surface area contributed by atoms with Gasteiger partial charge >= 0.3 is 0 Å². The van der Waals surface area contributed by atoms with Crippen LogP contribution in [0.2, 0.25) is 0 Å². The highest BCUT2D eigenvalue weighted by atomic mass is 16.5. The summed E-state index contributed by atoms with van der Waals surface area (Å²) in [5.41, 5.74) is 13.5. The second-order valence-corrected chi connectivity index (χ2v) is 11.0. The van der Waals surface area contributed by atoms with Crippen molar-refractivity contribution in [3.05, 3.63) is 101 Å². The van der Waals surface area contributed by atoms with Gasteiger partial charge in [-0.15, -0.1) is 0 Å². The molecule has 5 rings (SSSR count). The van der Waals surface area contributed by atoms with E-state index in [4.69, 9.17) is 10.5 Å². The number of pyridine rings is 1. The van der Waals surface area contributed by atoms with E-state index in [9.17, 15) is 4.79 Å². The van der Waals surface area contributed by atoms with Gasteiger partial charge in [0, 0.05) is 59.7 Å². The van der Waals surface area contributed by atoms with Gasteiger partial charge in [0.2, 0.25) is 0 Å². The number of imidazole rings is 1. The monoisotopic (exact) mass is 538 g/mol. The highest BCUT2D eigenvalue weighted by Crippen LogP contribution is 2.25. The summed E-state index contributed by atoms with van der Waals surface area (Å²) in [6.45, 7) is 11.2. The SMILES string of the molecule is Cc1ccc(COc2ccc(C(=O)Nc3cc(CN4CCC(N)C(C)C4)cc(-n4cnc(C)c4)c3)cc2C)cn1. The van der Waals surface area contributed by atoms with Gasteiger partial charge in [0.15, 0.2) is 0 Å². The first-order chi connectivity index (χ1) is 19.2. The number of amides is 1. The van der Waals surface area contributed by atoms with E-state index in [1.54, 1.807) is 12.4 Å². The van der Waals surface area contributed by atoms with Gasteiger partial charge in [-0.3, -0.25) is 14.7 Å². The molecule has 1 aliphatic rings. The molecule has 4 aromatic rings. The molecule has 2 aromatic carbocycles. The number of ether oxygens (including phenoxy) is 1. The largest absolute Gasteiger partial charge is 0.489 e. The van der Waals surface area contributed by atoms with Gasteiger partial charge in [0.05, 0.1) is 12.0 Å². The summed E-state index contributed by atoms with van der Waals surface area (Å²) < 4.78 is 7.98. The van der Waals surface area contributed by atoms with Gasteiger partial charge in [0.1, 0.15) is 12.4 Å². The van der Waals surface area contributed by atoms with Crippen molar-refractivity contribution in [3.8, 4) is 11.4 Å². The summed E-state index contributed by atoms with van der Waals surface area (Å²) in [6.07, 6.45) is 6.60. The minimum Gasteiger partial charge on any atom is -0.489 e. The third kappa shape index (κ3) is 6.76. The Morgan fingerprint density at radius 2 is 1.90 bits per heavy atom. The van der Waals surface area contributed by atoms with E-state index in [2.05, 4.69) is 39.2 Å². The fraction of sp³-hybridized carbons (Fsp3) is 0.344. The molecule has 0 bridgehead atoms. The van der Waals surface area contributed by atoms with E-state index in [0.29, 0.717) is 18.1 Å². The molecule has 1 fully saturated rings. The molecule has 8 nitrogen and oxygen atoms in total. The molecular formula is C32H38N6O2. The zero-order valence-electron chi connectivity index (χ0n) is 23.7. The average molecular weight is 539 g/mol. The van der Waals surface area contributed by atoms with Crippen molar-refractivity contribution in [3.63, 3.8) is 0 Å². The smallest absolute Gasteiger partial charge is 0.255 e. The topological polar surface area (TPSA) is 98.3 Å². The van der Waals surface area contributed by atoms with Crippen molar-refractivity contribution in [1.29, 1.82) is 0 Å². The highest BCUT2D eigenvalue weighted by molar-refractivity contribution is 6.04. The van der Waals surface area contributed by atoms with Gasteiger partial charge in [-0.25, -0.2) is 4.98 Å². The predicted octanol–water partition coefficient (Wildman–Crippen LogP) is 5.19. The first-order valence-corrected chi connectivity index (χ1v) is 13.8. The average Bonchev–Trinajstić information content (AvgIpc) is 3.37. The van der Waals surface area contributed by atoms with Crippen molar-refractivity contribution in [2.24, 2.45) is 11.7 Å². The van der Waals surface area contributed by atoms with Crippen LogP contribution in [0.15, 0.2) is 67.3 Å². The number of rotatable bonds is 8. The first kappa shape index (κ1) is 27.6. The number of benzene rings is 2. The lowest BCUT2D eigenvalue weighted by Gasteiger charge is -2.35. The van der Waals surface area contributed by atoms with Crippen molar-refractivity contribution >= 4 is 11.6 Å². The Hall–Kier alpha value is -4.01. The second-order valence-electron chi connectivity index (χ2n) is 11.0. The summed E-state index contributed by atoms with van der Waals surface area (Å²) in [5.74, 6) is 1.03. The number of aromatic nitrogens is 3. The third-order valence-corrected chi connectivity index (χ3v) is 7.51. The molecule has 2 atom stereocenters. The number of likely N-dealkylation sites (tertiary alicyclic amines) is 1. The molecule has 8 heteroatoms. The number of hydrogen-bond donors (Lipinski definition) is 2. The number of hydrogen-bond acceptors (Lipinski definition) is 6. The second kappa shape index (κ2) is 12.0. The number of piperidine rings is 1. The molecular weight excluding hydrogens is 500 g/mol. The third-order valence-electron chi connectivity index (χ3n) is 7.51. The van der Waals surface area contributed by atoms with Gasteiger partial charge in [-0.2, -0.15) is 0 Å². The normalized spacial score (nSPS) is 17.5. The molecule has 208 valence electrons. The van der Waals surface area contributed by atoms with Crippen molar-refractivity contribution in [2.45, 2.75) is 53.3 Å². The Bertz CT molecular complexity index is 1480. The first-order valence-electron chi connectivity index (χ1n) is 13.8. The van der Waals surface area contributed by atoms with Crippen molar-refractivity contribution in [1.82, 2.24) is 19.4 Å². The lowest BCUT2D eigenvalue weighted by Crippen LogP contribution is -2.45. The Balaban J connectivity index is 1.32. The van der Waals surface area contributed by atoms with E-state index in [-0.39, 0.29) is 11.9 Å². The molecule has 1 aliphatic heterocycles. The van der Waals surface area contributed by atoms with Crippen LogP contribution in [0.1, 0.15) is 51.8 Å². The summed E-state index contributed by atoms with van der Waals surface area (Å²) in [5, 5.41) is 3.12. The lowest BCUT2D eigenvalue weighted by molar-refractivity contribution is 0.102. The molecule has 1 saturated heterocycles. The predicted molar refractivity (Wildman–Crippen MR) is 158 cm³/mol. The standard InChI is InChI=1S/C32H38N6O2/c1-21-11-27(7-8-31(21)40-19-25-6-5-23(3)34-15-25)32(39)36-28-12-26(18-37-10-9-30(33)22(2)16-37)13-29(14-28)38-17-24(4)35-20-38/h5-8,11-15,17,20,22,30H,9-10,16,18-19,33H2,1-4H3,(H,36,39). The van der Waals surface area contributed by atoms with Crippen molar-refractivity contribution in [2.75, 3.05) is 18.4 Å². The van der Waals surface area contributed by atoms with E-state index in [0.717, 1.165) is 71.3 Å². The molecule has 0 aliphatic carbocycles. The zero-order chi connectivity index (χ0) is 28.2. The van der Waals surface area contributed by atoms with Crippen molar-refractivity contribution < 1.29 is 9.53 Å². The van der Waals surface area contributed by atoms with Crippen LogP contribution < -0.4 is 15.8 Å². The van der Waals surface area contributed by atoms with E-state index < -0.39 is 0 Å². The van der Waals surface area contributed by atoms with Crippen LogP contribution in [0.25, 0.3) is 5.69 Å². The summed E-state index contributed by atoms with van der Waals surface area (Å²) in [4.78, 5) is 24.5. The number of nitrogens with zero attached hydrogens (tertiary/aromatic N) is 4. The summed E-state index contributed by atoms with van der Waals surface area (Å²) in [7, 11) is 0. The molecule has 1 amide bonds. The van der Waals surface area contributed by atoms with Crippen LogP contribution in [0.4, 0.5) is 5.69 Å². The molecule has 0 spiro atoms. The number of aryl methyl sites for hydroxylation is 3. The molecule has 0 saturated carbocycles. The Labute approximate surface area is 236 Å². The van der Waals surface area contributed by atoms with Gasteiger partial charge < -0.3 is 20.4 Å². The van der Waals surface area contributed by atoms with Crippen LogP contribution in [0, 0.1) is 26.7 Å². The van der Waals surface area contributed by atoms with Crippen LogP contribution >= 0.6 is 0 Å². The van der Waals surface area contributed by atoms with E-state index in [1.165, 1.54) is 0 Å². The minimum atomic E-state index is -0.167. The number of carbonyl (C=O) groups is 1. The number of carbonyl (C=O) groups excluding carboxylic acids is 1.